The zero-order chi connectivity index (χ0) is 32.6. The van der Waals surface area contributed by atoms with Gasteiger partial charge in [-0.3, -0.25) is 13.9 Å². The first-order valence-electron chi connectivity index (χ1n) is 14.9. The molecule has 4 aromatic rings. The minimum atomic E-state index is -4.15. The number of aryl methyl sites for hydroxylation is 1. The highest BCUT2D eigenvalue weighted by Gasteiger charge is 2.36. The molecule has 4 rings (SSSR count). The van der Waals surface area contributed by atoms with Crippen LogP contribution < -0.4 is 9.62 Å². The van der Waals surface area contributed by atoms with Gasteiger partial charge in [0.25, 0.3) is 10.0 Å². The number of amides is 2. The monoisotopic (exact) mass is 689 g/mol. The molecule has 0 saturated carbocycles. The van der Waals surface area contributed by atoms with Gasteiger partial charge in [0.15, 0.2) is 0 Å². The van der Waals surface area contributed by atoms with E-state index in [-0.39, 0.29) is 23.8 Å². The molecular weight excluding hydrogens is 650 g/mol. The van der Waals surface area contributed by atoms with Crippen molar-refractivity contribution in [1.29, 1.82) is 0 Å². The fourth-order valence-corrected chi connectivity index (χ4v) is 6.82. The van der Waals surface area contributed by atoms with Crippen molar-refractivity contribution in [3.05, 3.63) is 130 Å². The van der Waals surface area contributed by atoms with Crippen LogP contribution in [-0.2, 0) is 39.0 Å². The van der Waals surface area contributed by atoms with Gasteiger partial charge in [0, 0.05) is 23.0 Å². The van der Waals surface area contributed by atoms with Crippen LogP contribution in [0, 0.1) is 0 Å². The van der Waals surface area contributed by atoms with Crippen molar-refractivity contribution in [1.82, 2.24) is 10.2 Å². The summed E-state index contributed by atoms with van der Waals surface area (Å²) < 4.78 is 30.5. The van der Waals surface area contributed by atoms with Crippen LogP contribution in [0.3, 0.4) is 0 Å². The Labute approximate surface area is 275 Å². The summed E-state index contributed by atoms with van der Waals surface area (Å²) >= 11 is 3.47. The molecule has 45 heavy (non-hydrogen) atoms. The Bertz CT molecular complexity index is 1690. The number of nitrogens with zero attached hydrogens (tertiary/aromatic N) is 2. The van der Waals surface area contributed by atoms with E-state index in [4.69, 9.17) is 0 Å². The van der Waals surface area contributed by atoms with Gasteiger partial charge < -0.3 is 10.2 Å². The summed E-state index contributed by atoms with van der Waals surface area (Å²) in [5, 5.41) is 3.06. The van der Waals surface area contributed by atoms with Crippen LogP contribution in [-0.4, -0.2) is 43.3 Å². The average Bonchev–Trinajstić information content (AvgIpc) is 3.02. The summed E-state index contributed by atoms with van der Waals surface area (Å²) in [6, 6.07) is 31.5. The van der Waals surface area contributed by atoms with E-state index in [1.165, 1.54) is 21.3 Å². The third kappa shape index (κ3) is 9.05. The highest BCUT2D eigenvalue weighted by Crippen LogP contribution is 2.28. The fourth-order valence-electron chi connectivity index (χ4n) is 5.08. The van der Waals surface area contributed by atoms with Crippen molar-refractivity contribution in [2.24, 2.45) is 0 Å². The minimum Gasteiger partial charge on any atom is -0.350 e. The van der Waals surface area contributed by atoms with E-state index < -0.39 is 34.1 Å². The molecule has 0 fully saturated rings. The highest BCUT2D eigenvalue weighted by atomic mass is 79.9. The van der Waals surface area contributed by atoms with Gasteiger partial charge in [-0.15, -0.1) is 0 Å². The van der Waals surface area contributed by atoms with Gasteiger partial charge in [0.2, 0.25) is 11.8 Å². The maximum atomic E-state index is 14.6. The van der Waals surface area contributed by atoms with Gasteiger partial charge in [0.05, 0.1) is 10.6 Å². The summed E-state index contributed by atoms with van der Waals surface area (Å²) in [7, 11) is -4.15. The van der Waals surface area contributed by atoms with E-state index in [2.05, 4.69) is 21.2 Å². The molecular formula is C36H40BrN3O4S. The second kappa shape index (κ2) is 14.9. The molecule has 1 atom stereocenters. The number of carbonyl (C=O) groups excluding carboxylic acids is 2. The zero-order valence-electron chi connectivity index (χ0n) is 26.1. The van der Waals surface area contributed by atoms with Gasteiger partial charge >= 0.3 is 0 Å². The predicted octanol–water partition coefficient (Wildman–Crippen LogP) is 6.76. The second-order valence-corrected chi connectivity index (χ2v) is 14.7. The molecule has 0 aliphatic rings. The van der Waals surface area contributed by atoms with Crippen LogP contribution in [0.4, 0.5) is 5.69 Å². The molecule has 0 saturated heterocycles. The third-order valence-electron chi connectivity index (χ3n) is 7.29. The Morgan fingerprint density at radius 3 is 1.98 bits per heavy atom. The SMILES string of the molecule is CCc1ccccc1N(CC(=O)N(Cc1ccc(Br)cc1)[C@@H](Cc1ccccc1)C(=O)NC(C)(C)C)S(=O)(=O)c1ccccc1. The minimum absolute atomic E-state index is 0.0782. The van der Waals surface area contributed by atoms with Crippen molar-refractivity contribution >= 4 is 43.5 Å². The number of nitrogens with one attached hydrogen (secondary N) is 1. The van der Waals surface area contributed by atoms with Crippen LogP contribution in [0.15, 0.2) is 119 Å². The first-order valence-corrected chi connectivity index (χ1v) is 17.2. The first kappa shape index (κ1) is 33.9. The van der Waals surface area contributed by atoms with Gasteiger partial charge in [-0.1, -0.05) is 102 Å². The molecule has 0 aliphatic carbocycles. The number of hydrogen-bond donors (Lipinski definition) is 1. The lowest BCUT2D eigenvalue weighted by Gasteiger charge is -2.35. The maximum Gasteiger partial charge on any atom is 0.264 e. The van der Waals surface area contributed by atoms with Gasteiger partial charge in [-0.05, 0) is 74.2 Å². The average molecular weight is 691 g/mol. The summed E-state index contributed by atoms with van der Waals surface area (Å²) in [5.41, 5.74) is 2.35. The topological polar surface area (TPSA) is 86.8 Å². The molecule has 0 bridgehead atoms. The standard InChI is InChI=1S/C36H40BrN3O4S/c1-5-29-16-12-13-19-32(29)40(45(43,44)31-17-10-7-11-18-31)26-34(41)39(25-28-20-22-30(37)23-21-28)33(35(42)38-36(2,3)4)24-27-14-8-6-9-15-27/h6-23,33H,5,24-26H2,1-4H3,(H,38,42)/t33-/m0/s1. The molecule has 4 aromatic carbocycles. The van der Waals surface area contributed by atoms with Crippen LogP contribution in [0.1, 0.15) is 44.4 Å². The van der Waals surface area contributed by atoms with Crippen LogP contribution in [0.2, 0.25) is 0 Å². The van der Waals surface area contributed by atoms with E-state index in [1.807, 2.05) is 94.4 Å². The summed E-state index contributed by atoms with van der Waals surface area (Å²) in [5.74, 6) is -0.809. The molecule has 0 aliphatic heterocycles. The van der Waals surface area contributed by atoms with Crippen LogP contribution in [0.5, 0.6) is 0 Å². The summed E-state index contributed by atoms with van der Waals surface area (Å²) in [6.45, 7) is 7.23. The molecule has 7 nitrogen and oxygen atoms in total. The highest BCUT2D eigenvalue weighted by molar-refractivity contribution is 9.10. The van der Waals surface area contributed by atoms with Crippen molar-refractivity contribution < 1.29 is 18.0 Å². The van der Waals surface area contributed by atoms with E-state index in [0.29, 0.717) is 12.1 Å². The van der Waals surface area contributed by atoms with Gasteiger partial charge in [-0.25, -0.2) is 8.42 Å². The molecule has 1 N–H and O–H groups in total. The molecule has 0 heterocycles. The lowest BCUT2D eigenvalue weighted by atomic mass is 10.0. The smallest absolute Gasteiger partial charge is 0.264 e. The van der Waals surface area contributed by atoms with E-state index in [9.17, 15) is 18.0 Å². The van der Waals surface area contributed by atoms with E-state index >= 15 is 0 Å². The van der Waals surface area contributed by atoms with E-state index in [0.717, 1.165) is 21.2 Å². The molecule has 236 valence electrons. The number of carbonyl (C=O) groups is 2. The van der Waals surface area contributed by atoms with Crippen molar-refractivity contribution in [3.8, 4) is 0 Å². The van der Waals surface area contributed by atoms with Gasteiger partial charge in [-0.2, -0.15) is 0 Å². The van der Waals surface area contributed by atoms with Crippen molar-refractivity contribution in [2.45, 2.75) is 63.6 Å². The number of anilines is 1. The largest absolute Gasteiger partial charge is 0.350 e. The Morgan fingerprint density at radius 2 is 1.38 bits per heavy atom. The third-order valence-corrected chi connectivity index (χ3v) is 9.59. The van der Waals surface area contributed by atoms with Crippen LogP contribution >= 0.6 is 15.9 Å². The Balaban J connectivity index is 1.83. The first-order chi connectivity index (χ1) is 21.4. The number of para-hydroxylation sites is 1. The Kier molecular flexibility index (Phi) is 11.2. The molecule has 2 amide bonds. The lowest BCUT2D eigenvalue weighted by molar-refractivity contribution is -0.140. The normalized spacial score (nSPS) is 12.3. The van der Waals surface area contributed by atoms with Gasteiger partial charge in [0.1, 0.15) is 12.6 Å². The van der Waals surface area contributed by atoms with Crippen molar-refractivity contribution in [2.75, 3.05) is 10.8 Å². The zero-order valence-corrected chi connectivity index (χ0v) is 28.5. The number of benzene rings is 4. The molecule has 9 heteroatoms. The number of sulfonamides is 1. The number of halogens is 1. The Hall–Kier alpha value is -3.95. The Morgan fingerprint density at radius 1 is 0.800 bits per heavy atom. The van der Waals surface area contributed by atoms with E-state index in [1.54, 1.807) is 30.3 Å². The predicted molar refractivity (Wildman–Crippen MR) is 183 cm³/mol. The number of rotatable bonds is 12. The van der Waals surface area contributed by atoms with Crippen molar-refractivity contribution in [3.63, 3.8) is 0 Å². The lowest BCUT2D eigenvalue weighted by Crippen LogP contribution is -2.56. The summed E-state index contributed by atoms with van der Waals surface area (Å²) in [6.07, 6.45) is 0.820. The molecule has 0 spiro atoms. The van der Waals surface area contributed by atoms with Crippen LogP contribution in [0.25, 0.3) is 0 Å². The maximum absolute atomic E-state index is 14.6. The fraction of sp³-hybridized carbons (Fsp3) is 0.278. The molecule has 0 aromatic heterocycles. The summed E-state index contributed by atoms with van der Waals surface area (Å²) in [4.78, 5) is 30.2. The number of hydrogen-bond acceptors (Lipinski definition) is 4. The second-order valence-electron chi connectivity index (χ2n) is 11.9. The molecule has 0 radical (unpaired) electrons. The molecule has 0 unspecified atom stereocenters. The quantitative estimate of drug-likeness (QED) is 0.178.